The molecule has 0 saturated heterocycles. The molecule has 0 aliphatic heterocycles. The average Bonchev–Trinajstić information content (AvgIpc) is 3.17. The van der Waals surface area contributed by atoms with Gasteiger partial charge in [0.15, 0.2) is 5.96 Å². The molecule has 0 aliphatic rings. The van der Waals surface area contributed by atoms with Crippen LogP contribution >= 0.6 is 11.3 Å². The number of nitrogens with zero attached hydrogens (tertiary/aromatic N) is 3. The SMILES string of the molecule is CCc1cnc(CCNC(=NC)NCc2cccc(CN(CC)CC)c2)s1. The van der Waals surface area contributed by atoms with Crippen LogP contribution in [0.15, 0.2) is 35.5 Å². The third kappa shape index (κ3) is 7.31. The van der Waals surface area contributed by atoms with Gasteiger partial charge in [0, 0.05) is 44.2 Å². The summed E-state index contributed by atoms with van der Waals surface area (Å²) in [5, 5.41) is 7.96. The van der Waals surface area contributed by atoms with E-state index in [1.807, 2.05) is 13.2 Å². The first kappa shape index (κ1) is 21.4. The van der Waals surface area contributed by atoms with E-state index < -0.39 is 0 Å². The number of rotatable bonds is 10. The highest BCUT2D eigenvalue weighted by atomic mass is 32.1. The van der Waals surface area contributed by atoms with Crippen molar-refractivity contribution in [2.45, 2.75) is 46.7 Å². The predicted octanol–water partition coefficient (Wildman–Crippen LogP) is 3.46. The first-order chi connectivity index (χ1) is 13.2. The summed E-state index contributed by atoms with van der Waals surface area (Å²) in [4.78, 5) is 12.6. The maximum Gasteiger partial charge on any atom is 0.191 e. The number of guanidine groups is 1. The van der Waals surface area contributed by atoms with Crippen molar-refractivity contribution in [3.8, 4) is 0 Å². The highest BCUT2D eigenvalue weighted by molar-refractivity contribution is 7.11. The third-order valence-electron chi connectivity index (χ3n) is 4.56. The van der Waals surface area contributed by atoms with E-state index >= 15 is 0 Å². The molecule has 1 heterocycles. The Morgan fingerprint density at radius 1 is 1.15 bits per heavy atom. The predicted molar refractivity (Wildman–Crippen MR) is 116 cm³/mol. The number of hydrogen-bond donors (Lipinski definition) is 2. The Kier molecular flexibility index (Phi) is 9.28. The summed E-state index contributed by atoms with van der Waals surface area (Å²) < 4.78 is 0. The number of hydrogen-bond acceptors (Lipinski definition) is 4. The van der Waals surface area contributed by atoms with Gasteiger partial charge in [-0.15, -0.1) is 11.3 Å². The molecule has 0 amide bonds. The number of aryl methyl sites for hydroxylation is 1. The molecule has 2 aromatic rings. The Labute approximate surface area is 167 Å². The Balaban J connectivity index is 1.79. The van der Waals surface area contributed by atoms with Crippen molar-refractivity contribution < 1.29 is 0 Å². The topological polar surface area (TPSA) is 52.6 Å². The highest BCUT2D eigenvalue weighted by Gasteiger charge is 2.04. The fourth-order valence-electron chi connectivity index (χ4n) is 2.86. The molecule has 0 fully saturated rings. The van der Waals surface area contributed by atoms with Gasteiger partial charge in [-0.3, -0.25) is 9.89 Å². The van der Waals surface area contributed by atoms with Crippen molar-refractivity contribution >= 4 is 17.3 Å². The van der Waals surface area contributed by atoms with E-state index in [0.717, 1.165) is 51.5 Å². The molecule has 1 aromatic carbocycles. The molecule has 2 rings (SSSR count). The molecular formula is C21H33N5S. The van der Waals surface area contributed by atoms with Gasteiger partial charge in [-0.05, 0) is 30.6 Å². The second kappa shape index (κ2) is 11.7. The van der Waals surface area contributed by atoms with E-state index in [1.54, 1.807) is 11.3 Å². The van der Waals surface area contributed by atoms with E-state index in [2.05, 4.69) is 70.5 Å². The van der Waals surface area contributed by atoms with Crippen molar-refractivity contribution in [1.29, 1.82) is 0 Å². The lowest BCUT2D eigenvalue weighted by molar-refractivity contribution is 0.296. The van der Waals surface area contributed by atoms with Gasteiger partial charge in [0.25, 0.3) is 0 Å². The Morgan fingerprint density at radius 3 is 2.59 bits per heavy atom. The molecule has 0 bridgehead atoms. The van der Waals surface area contributed by atoms with Crippen molar-refractivity contribution in [2.75, 3.05) is 26.7 Å². The summed E-state index contributed by atoms with van der Waals surface area (Å²) in [5.41, 5.74) is 2.63. The lowest BCUT2D eigenvalue weighted by Gasteiger charge is -2.18. The van der Waals surface area contributed by atoms with Gasteiger partial charge < -0.3 is 10.6 Å². The Morgan fingerprint density at radius 2 is 1.93 bits per heavy atom. The van der Waals surface area contributed by atoms with Crippen LogP contribution in [0.4, 0.5) is 0 Å². The molecule has 2 N–H and O–H groups in total. The molecule has 0 saturated carbocycles. The van der Waals surface area contributed by atoms with Gasteiger partial charge in [0.05, 0.1) is 5.01 Å². The molecule has 0 spiro atoms. The van der Waals surface area contributed by atoms with E-state index in [1.165, 1.54) is 21.0 Å². The first-order valence-corrected chi connectivity index (χ1v) is 10.7. The largest absolute Gasteiger partial charge is 0.356 e. The second-order valence-electron chi connectivity index (χ2n) is 6.46. The van der Waals surface area contributed by atoms with Gasteiger partial charge in [-0.25, -0.2) is 4.98 Å². The third-order valence-corrected chi connectivity index (χ3v) is 5.76. The lowest BCUT2D eigenvalue weighted by Crippen LogP contribution is -2.37. The number of benzene rings is 1. The molecule has 27 heavy (non-hydrogen) atoms. The minimum absolute atomic E-state index is 0.767. The van der Waals surface area contributed by atoms with Crippen LogP contribution in [0.3, 0.4) is 0 Å². The van der Waals surface area contributed by atoms with Gasteiger partial charge in [-0.1, -0.05) is 45.0 Å². The zero-order valence-electron chi connectivity index (χ0n) is 17.1. The molecule has 6 heteroatoms. The van der Waals surface area contributed by atoms with Gasteiger partial charge in [0.1, 0.15) is 0 Å². The number of nitrogens with one attached hydrogen (secondary N) is 2. The van der Waals surface area contributed by atoms with Crippen molar-refractivity contribution in [3.63, 3.8) is 0 Å². The van der Waals surface area contributed by atoms with E-state index in [0.29, 0.717) is 0 Å². The van der Waals surface area contributed by atoms with E-state index in [4.69, 9.17) is 0 Å². The molecule has 5 nitrogen and oxygen atoms in total. The Bertz CT molecular complexity index is 706. The molecular weight excluding hydrogens is 354 g/mol. The van der Waals surface area contributed by atoms with E-state index in [-0.39, 0.29) is 0 Å². The molecule has 0 unspecified atom stereocenters. The summed E-state index contributed by atoms with van der Waals surface area (Å²) >= 11 is 1.80. The van der Waals surface area contributed by atoms with Crippen LogP contribution in [-0.2, 0) is 25.9 Å². The van der Waals surface area contributed by atoms with Gasteiger partial charge in [0.2, 0.25) is 0 Å². The van der Waals surface area contributed by atoms with Crippen LogP contribution in [0.5, 0.6) is 0 Å². The summed E-state index contributed by atoms with van der Waals surface area (Å²) in [5.74, 6) is 0.830. The van der Waals surface area contributed by atoms with Crippen LogP contribution < -0.4 is 10.6 Å². The summed E-state index contributed by atoms with van der Waals surface area (Å²) in [6.07, 6.45) is 3.96. The second-order valence-corrected chi connectivity index (χ2v) is 7.66. The maximum atomic E-state index is 4.46. The zero-order chi connectivity index (χ0) is 19.5. The van der Waals surface area contributed by atoms with Crippen LogP contribution in [0.25, 0.3) is 0 Å². The van der Waals surface area contributed by atoms with Crippen molar-refractivity contribution in [2.24, 2.45) is 4.99 Å². The standard InChI is InChI=1S/C21H33N5S/c1-5-19-15-24-20(27-19)11-12-23-21(22-4)25-14-17-9-8-10-18(13-17)16-26(6-2)7-3/h8-10,13,15H,5-7,11-12,14,16H2,1-4H3,(H2,22,23,25). The summed E-state index contributed by atoms with van der Waals surface area (Å²) in [6, 6.07) is 8.78. The average molecular weight is 388 g/mol. The molecule has 148 valence electrons. The maximum absolute atomic E-state index is 4.46. The Hall–Kier alpha value is -1.92. The fraction of sp³-hybridized carbons (Fsp3) is 0.524. The summed E-state index contributed by atoms with van der Waals surface area (Å²) in [7, 11) is 1.81. The minimum Gasteiger partial charge on any atom is -0.356 e. The van der Waals surface area contributed by atoms with Gasteiger partial charge >= 0.3 is 0 Å². The quantitative estimate of drug-likeness (QED) is 0.484. The van der Waals surface area contributed by atoms with Crippen molar-refractivity contribution in [3.05, 3.63) is 51.5 Å². The minimum atomic E-state index is 0.767. The zero-order valence-corrected chi connectivity index (χ0v) is 17.9. The first-order valence-electron chi connectivity index (χ1n) is 9.86. The van der Waals surface area contributed by atoms with Crippen LogP contribution in [0.1, 0.15) is 41.8 Å². The smallest absolute Gasteiger partial charge is 0.191 e. The normalized spacial score (nSPS) is 11.8. The lowest BCUT2D eigenvalue weighted by atomic mass is 10.1. The van der Waals surface area contributed by atoms with Crippen molar-refractivity contribution in [1.82, 2.24) is 20.5 Å². The number of thiazole rings is 1. The molecule has 1 aromatic heterocycles. The molecule has 0 aliphatic carbocycles. The number of aliphatic imine (C=N–C) groups is 1. The van der Waals surface area contributed by atoms with Gasteiger partial charge in [-0.2, -0.15) is 0 Å². The van der Waals surface area contributed by atoms with Crippen LogP contribution in [0, 0.1) is 0 Å². The monoisotopic (exact) mass is 387 g/mol. The molecule has 0 atom stereocenters. The number of aromatic nitrogens is 1. The van der Waals surface area contributed by atoms with E-state index in [9.17, 15) is 0 Å². The van der Waals surface area contributed by atoms with Crippen LogP contribution in [0.2, 0.25) is 0 Å². The van der Waals surface area contributed by atoms with Crippen LogP contribution in [-0.4, -0.2) is 42.5 Å². The fourth-order valence-corrected chi connectivity index (χ4v) is 3.73. The molecule has 0 radical (unpaired) electrons. The highest BCUT2D eigenvalue weighted by Crippen LogP contribution is 2.13. The summed E-state index contributed by atoms with van der Waals surface area (Å²) in [6.45, 7) is 11.3.